The van der Waals surface area contributed by atoms with E-state index in [1.54, 1.807) is 0 Å². The second-order valence-electron chi connectivity index (χ2n) is 7.88. The van der Waals surface area contributed by atoms with Crippen molar-refractivity contribution in [3.63, 3.8) is 0 Å². The predicted octanol–water partition coefficient (Wildman–Crippen LogP) is 6.25. The zero-order valence-corrected chi connectivity index (χ0v) is 21.3. The molecule has 0 fully saturated rings. The third-order valence-corrected chi connectivity index (χ3v) is 4.90. The Labute approximate surface area is 207 Å². The summed E-state index contributed by atoms with van der Waals surface area (Å²) in [5, 5.41) is 2.77. The lowest BCUT2D eigenvalue weighted by atomic mass is 10.1. The van der Waals surface area contributed by atoms with Crippen molar-refractivity contribution in [1.82, 2.24) is 5.32 Å². The van der Waals surface area contributed by atoms with E-state index in [1.807, 2.05) is 6.08 Å². The van der Waals surface area contributed by atoms with Gasteiger partial charge < -0.3 is 15.8 Å². The first-order valence-corrected chi connectivity index (χ1v) is 12.6. The molecule has 0 aliphatic carbocycles. The third kappa shape index (κ3) is 21.2. The van der Waals surface area contributed by atoms with Gasteiger partial charge in [0.25, 0.3) is 0 Å². The van der Waals surface area contributed by atoms with E-state index in [9.17, 15) is 9.59 Å². The van der Waals surface area contributed by atoms with E-state index in [0.717, 1.165) is 51.4 Å². The van der Waals surface area contributed by atoms with Crippen LogP contribution in [0, 0.1) is 0 Å². The molecule has 190 valence electrons. The lowest BCUT2D eigenvalue weighted by Gasteiger charge is -2.16. The van der Waals surface area contributed by atoms with E-state index in [0.29, 0.717) is 25.8 Å². The molecule has 0 aromatic rings. The quantitative estimate of drug-likeness (QED) is 0.125. The van der Waals surface area contributed by atoms with Gasteiger partial charge in [-0.3, -0.25) is 4.79 Å². The van der Waals surface area contributed by atoms with Gasteiger partial charge in [0, 0.05) is 6.42 Å². The second-order valence-corrected chi connectivity index (χ2v) is 7.88. The van der Waals surface area contributed by atoms with Gasteiger partial charge in [-0.2, -0.15) is 0 Å². The molecule has 34 heavy (non-hydrogen) atoms. The summed E-state index contributed by atoms with van der Waals surface area (Å²) in [5.74, 6) is -0.540. The topological polar surface area (TPSA) is 81.4 Å². The van der Waals surface area contributed by atoms with E-state index >= 15 is 0 Å². The van der Waals surface area contributed by atoms with Crippen LogP contribution in [0.4, 0.5) is 0 Å². The fraction of sp³-hybridized carbons (Fsp3) is 0.517. The Hall–Kier alpha value is -2.66. The van der Waals surface area contributed by atoms with Crippen LogP contribution in [0.25, 0.3) is 0 Å². The van der Waals surface area contributed by atoms with Crippen LogP contribution in [0.3, 0.4) is 0 Å². The second kappa shape index (κ2) is 25.0. The van der Waals surface area contributed by atoms with Crippen molar-refractivity contribution in [1.29, 1.82) is 0 Å². The van der Waals surface area contributed by atoms with Crippen LogP contribution < -0.4 is 11.1 Å². The molecule has 0 aromatic carbocycles. The fourth-order valence-electron chi connectivity index (χ4n) is 3.00. The SMILES string of the molecule is CC/C=C\C/C=C\C/C=C\C/C=C\C/C=C\C/C=C\CCC(=O)N[C@@H](CCCCN)C(=O)OC. The highest BCUT2D eigenvalue weighted by molar-refractivity contribution is 5.84. The maximum Gasteiger partial charge on any atom is 0.328 e. The summed E-state index contributed by atoms with van der Waals surface area (Å²) in [6, 6.07) is -0.589. The minimum Gasteiger partial charge on any atom is -0.467 e. The molecule has 5 heteroatoms. The highest BCUT2D eigenvalue weighted by Gasteiger charge is 2.20. The minimum absolute atomic E-state index is 0.136. The molecule has 1 amide bonds. The molecule has 0 saturated heterocycles. The van der Waals surface area contributed by atoms with Crippen LogP contribution in [0.2, 0.25) is 0 Å². The molecular weight excluding hydrogens is 424 g/mol. The van der Waals surface area contributed by atoms with E-state index in [-0.39, 0.29) is 5.91 Å². The molecular formula is C29H46N2O3. The van der Waals surface area contributed by atoms with Crippen molar-refractivity contribution < 1.29 is 14.3 Å². The number of carbonyl (C=O) groups excluding carboxylic acids is 2. The lowest BCUT2D eigenvalue weighted by molar-refractivity contribution is -0.145. The Morgan fingerprint density at radius 3 is 1.68 bits per heavy atom. The molecule has 0 saturated carbocycles. The molecule has 0 aliphatic rings. The molecule has 0 bridgehead atoms. The van der Waals surface area contributed by atoms with Gasteiger partial charge in [0.2, 0.25) is 5.91 Å². The number of hydrogen-bond acceptors (Lipinski definition) is 4. The van der Waals surface area contributed by atoms with Gasteiger partial charge in [-0.25, -0.2) is 4.79 Å². The molecule has 3 N–H and O–H groups in total. The zero-order valence-electron chi connectivity index (χ0n) is 21.3. The molecule has 5 nitrogen and oxygen atoms in total. The predicted molar refractivity (Wildman–Crippen MR) is 144 cm³/mol. The number of methoxy groups -OCH3 is 1. The third-order valence-electron chi connectivity index (χ3n) is 4.90. The van der Waals surface area contributed by atoms with Crippen molar-refractivity contribution in [2.24, 2.45) is 5.73 Å². The smallest absolute Gasteiger partial charge is 0.328 e. The van der Waals surface area contributed by atoms with Crippen molar-refractivity contribution in [2.75, 3.05) is 13.7 Å². The molecule has 0 unspecified atom stereocenters. The van der Waals surface area contributed by atoms with Crippen molar-refractivity contribution in [2.45, 2.75) is 83.6 Å². The molecule has 0 spiro atoms. The summed E-state index contributed by atoms with van der Waals surface area (Å²) in [6.45, 7) is 2.72. The molecule has 0 aromatic heterocycles. The monoisotopic (exact) mass is 470 g/mol. The van der Waals surface area contributed by atoms with E-state index in [1.165, 1.54) is 7.11 Å². The average molecular weight is 471 g/mol. The number of allylic oxidation sites excluding steroid dienone is 12. The normalized spacial score (nSPS) is 13.4. The number of hydrogen-bond donors (Lipinski definition) is 2. The number of rotatable bonds is 20. The largest absolute Gasteiger partial charge is 0.467 e. The number of unbranched alkanes of at least 4 members (excludes halogenated alkanes) is 1. The number of amides is 1. The number of carbonyl (C=O) groups is 2. The zero-order chi connectivity index (χ0) is 25.1. The van der Waals surface area contributed by atoms with Crippen molar-refractivity contribution in [3.8, 4) is 0 Å². The van der Waals surface area contributed by atoms with Gasteiger partial charge in [-0.1, -0.05) is 79.8 Å². The number of nitrogens with one attached hydrogen (secondary N) is 1. The van der Waals surface area contributed by atoms with Gasteiger partial charge in [0.05, 0.1) is 7.11 Å². The number of ether oxygens (including phenoxy) is 1. The van der Waals surface area contributed by atoms with E-state index in [4.69, 9.17) is 10.5 Å². The Bertz CT molecular complexity index is 687. The Morgan fingerprint density at radius 2 is 1.24 bits per heavy atom. The Kier molecular flexibility index (Phi) is 23.0. The van der Waals surface area contributed by atoms with Gasteiger partial charge in [0.15, 0.2) is 0 Å². The fourth-order valence-corrected chi connectivity index (χ4v) is 3.00. The summed E-state index contributed by atoms with van der Waals surface area (Å²) in [4.78, 5) is 23.9. The van der Waals surface area contributed by atoms with Crippen molar-refractivity contribution in [3.05, 3.63) is 72.9 Å². The Balaban J connectivity index is 3.86. The highest BCUT2D eigenvalue weighted by atomic mass is 16.5. The van der Waals surface area contributed by atoms with Crippen LogP contribution in [-0.2, 0) is 14.3 Å². The maximum atomic E-state index is 12.1. The summed E-state index contributed by atoms with van der Waals surface area (Å²) in [6.07, 6.45) is 34.9. The van der Waals surface area contributed by atoms with Crippen LogP contribution in [0.15, 0.2) is 72.9 Å². The van der Waals surface area contributed by atoms with Gasteiger partial charge in [-0.15, -0.1) is 0 Å². The van der Waals surface area contributed by atoms with Crippen LogP contribution in [0.5, 0.6) is 0 Å². The summed E-state index contributed by atoms with van der Waals surface area (Å²) < 4.78 is 4.77. The van der Waals surface area contributed by atoms with Crippen LogP contribution >= 0.6 is 0 Å². The molecule has 0 heterocycles. The van der Waals surface area contributed by atoms with Crippen LogP contribution in [-0.4, -0.2) is 31.6 Å². The number of esters is 1. The van der Waals surface area contributed by atoms with Crippen LogP contribution in [0.1, 0.15) is 77.6 Å². The van der Waals surface area contributed by atoms with Gasteiger partial charge in [-0.05, 0) is 70.8 Å². The van der Waals surface area contributed by atoms with Gasteiger partial charge in [0.1, 0.15) is 6.04 Å². The summed E-state index contributed by atoms with van der Waals surface area (Å²) >= 11 is 0. The Morgan fingerprint density at radius 1 is 0.765 bits per heavy atom. The minimum atomic E-state index is -0.589. The van der Waals surface area contributed by atoms with Crippen molar-refractivity contribution >= 4 is 11.9 Å². The first kappa shape index (κ1) is 31.3. The summed E-state index contributed by atoms with van der Waals surface area (Å²) in [7, 11) is 1.34. The maximum absolute atomic E-state index is 12.1. The molecule has 1 atom stereocenters. The lowest BCUT2D eigenvalue weighted by Crippen LogP contribution is -2.41. The summed E-state index contributed by atoms with van der Waals surface area (Å²) in [5.41, 5.74) is 5.48. The number of nitrogens with two attached hydrogens (primary N) is 1. The first-order chi connectivity index (χ1) is 16.7. The first-order valence-electron chi connectivity index (χ1n) is 12.6. The molecule has 0 rings (SSSR count). The average Bonchev–Trinajstić information content (AvgIpc) is 2.84. The van der Waals surface area contributed by atoms with E-state index in [2.05, 4.69) is 79.1 Å². The molecule has 0 aliphatic heterocycles. The highest BCUT2D eigenvalue weighted by Crippen LogP contribution is 2.04. The van der Waals surface area contributed by atoms with Gasteiger partial charge >= 0.3 is 5.97 Å². The standard InChI is InChI=1S/C29H46N2O3/c1-3-4-5-6-7-8-9-10-11-12-13-14-15-16-17-18-19-20-21-25-28(32)31-27(29(33)34-2)24-22-23-26-30/h4-5,7-8,10-11,13-14,16-17,19-20,27H,3,6,9,12,15,18,21-26,30H2,1-2H3,(H,31,32)/b5-4-,8-7-,11-10-,14-13-,17-16-,20-19-/t27-/m0/s1. The molecule has 0 radical (unpaired) electrons. The van der Waals surface area contributed by atoms with E-state index < -0.39 is 12.0 Å².